The standard InChI is InChI=1S/C19H23F2N7O/c1-3-23-19(29)25-18-24-11-14(26(18)2)12-27-4-6-28(7-5-27)17-15(20)8-13(10-22)9-16(17)21/h8-9,11H,3-7,12H2,1-2H3,(H2,23,24,25,29). The number of carbonyl (C=O) groups excluding carboxylic acids is 1. The molecule has 1 saturated heterocycles. The predicted octanol–water partition coefficient (Wildman–Crippen LogP) is 2.03. The van der Waals surface area contributed by atoms with Gasteiger partial charge >= 0.3 is 6.03 Å². The fraction of sp³-hybridized carbons (Fsp3) is 0.421. The second-order valence-electron chi connectivity index (χ2n) is 6.78. The fourth-order valence-corrected chi connectivity index (χ4v) is 3.31. The lowest BCUT2D eigenvalue weighted by Gasteiger charge is -2.36. The van der Waals surface area contributed by atoms with Crippen molar-refractivity contribution in [3.05, 3.63) is 41.2 Å². The topological polar surface area (TPSA) is 89.2 Å². The molecule has 0 spiro atoms. The summed E-state index contributed by atoms with van der Waals surface area (Å²) in [4.78, 5) is 19.7. The highest BCUT2D eigenvalue weighted by Gasteiger charge is 2.24. The molecule has 0 bridgehead atoms. The Kier molecular flexibility index (Phi) is 6.29. The largest absolute Gasteiger partial charge is 0.364 e. The smallest absolute Gasteiger partial charge is 0.321 e. The van der Waals surface area contributed by atoms with E-state index in [1.165, 1.54) is 0 Å². The molecule has 1 aromatic carbocycles. The number of nitrogens with zero attached hydrogens (tertiary/aromatic N) is 5. The van der Waals surface area contributed by atoms with E-state index in [0.29, 0.717) is 45.2 Å². The zero-order valence-corrected chi connectivity index (χ0v) is 16.4. The van der Waals surface area contributed by atoms with Crippen LogP contribution in [0, 0.1) is 23.0 Å². The summed E-state index contributed by atoms with van der Waals surface area (Å²) in [7, 11) is 1.82. The van der Waals surface area contributed by atoms with Crippen LogP contribution in [0.25, 0.3) is 0 Å². The first kappa shape index (κ1) is 20.5. The Morgan fingerprint density at radius 1 is 1.24 bits per heavy atom. The monoisotopic (exact) mass is 403 g/mol. The van der Waals surface area contributed by atoms with Crippen LogP contribution in [0.4, 0.5) is 25.2 Å². The number of urea groups is 1. The molecule has 8 nitrogen and oxygen atoms in total. The molecule has 2 amide bonds. The van der Waals surface area contributed by atoms with Gasteiger partial charge in [0.15, 0.2) is 11.6 Å². The number of hydrogen-bond donors (Lipinski definition) is 2. The molecular weight excluding hydrogens is 380 g/mol. The number of benzene rings is 1. The summed E-state index contributed by atoms with van der Waals surface area (Å²) in [5.74, 6) is -0.989. The van der Waals surface area contributed by atoms with Gasteiger partial charge in [0.1, 0.15) is 5.69 Å². The van der Waals surface area contributed by atoms with E-state index < -0.39 is 11.6 Å². The van der Waals surface area contributed by atoms with E-state index in [2.05, 4.69) is 20.5 Å². The van der Waals surface area contributed by atoms with E-state index in [4.69, 9.17) is 5.26 Å². The third kappa shape index (κ3) is 4.63. The number of anilines is 2. The summed E-state index contributed by atoms with van der Waals surface area (Å²) < 4.78 is 30.3. The Hall–Kier alpha value is -3.19. The van der Waals surface area contributed by atoms with E-state index in [1.807, 2.05) is 18.5 Å². The van der Waals surface area contributed by atoms with Crippen LogP contribution in [0.5, 0.6) is 0 Å². The third-order valence-corrected chi connectivity index (χ3v) is 4.87. The molecule has 0 saturated carbocycles. The second-order valence-corrected chi connectivity index (χ2v) is 6.78. The molecule has 1 aromatic heterocycles. The van der Waals surface area contributed by atoms with Crippen molar-refractivity contribution in [3.8, 4) is 6.07 Å². The highest BCUT2D eigenvalue weighted by molar-refractivity contribution is 5.87. The summed E-state index contributed by atoms with van der Waals surface area (Å²) in [6, 6.07) is 3.56. The number of aromatic nitrogens is 2. The first-order valence-electron chi connectivity index (χ1n) is 9.34. The second kappa shape index (κ2) is 8.87. The van der Waals surface area contributed by atoms with Gasteiger partial charge in [0.2, 0.25) is 5.95 Å². The first-order chi connectivity index (χ1) is 13.9. The average Bonchev–Trinajstić information content (AvgIpc) is 3.02. The van der Waals surface area contributed by atoms with Crippen molar-refractivity contribution < 1.29 is 13.6 Å². The number of imidazole rings is 1. The Labute approximate surface area is 167 Å². The zero-order valence-electron chi connectivity index (χ0n) is 16.4. The minimum absolute atomic E-state index is 0.0318. The molecule has 10 heteroatoms. The molecule has 1 aliphatic rings. The number of rotatable bonds is 5. The summed E-state index contributed by atoms with van der Waals surface area (Å²) in [6.45, 7) is 5.11. The van der Waals surface area contributed by atoms with Crippen LogP contribution in [0.1, 0.15) is 18.2 Å². The molecule has 29 heavy (non-hydrogen) atoms. The maximum absolute atomic E-state index is 14.2. The molecule has 0 radical (unpaired) electrons. The maximum atomic E-state index is 14.2. The molecule has 2 N–H and O–H groups in total. The number of amides is 2. The van der Waals surface area contributed by atoms with Crippen LogP contribution in [0.2, 0.25) is 0 Å². The van der Waals surface area contributed by atoms with Gasteiger partial charge in [-0.15, -0.1) is 0 Å². The lowest BCUT2D eigenvalue weighted by molar-refractivity contribution is 0.243. The Bertz CT molecular complexity index is 906. The molecule has 1 fully saturated rings. The molecule has 3 rings (SSSR count). The summed E-state index contributed by atoms with van der Waals surface area (Å²) in [5, 5.41) is 14.2. The minimum atomic E-state index is -0.720. The lowest BCUT2D eigenvalue weighted by atomic mass is 10.1. The van der Waals surface area contributed by atoms with Crippen LogP contribution < -0.4 is 15.5 Å². The van der Waals surface area contributed by atoms with Gasteiger partial charge in [-0.3, -0.25) is 10.2 Å². The van der Waals surface area contributed by atoms with E-state index in [1.54, 1.807) is 17.2 Å². The molecule has 2 aromatic rings. The van der Waals surface area contributed by atoms with Crippen molar-refractivity contribution in [2.75, 3.05) is 42.9 Å². The van der Waals surface area contributed by atoms with Crippen molar-refractivity contribution in [2.24, 2.45) is 7.05 Å². The molecule has 0 unspecified atom stereocenters. The predicted molar refractivity (Wildman–Crippen MR) is 104 cm³/mol. The van der Waals surface area contributed by atoms with Gasteiger partial charge in [0, 0.05) is 46.3 Å². The quantitative estimate of drug-likeness (QED) is 0.798. The van der Waals surface area contributed by atoms with Crippen molar-refractivity contribution in [1.29, 1.82) is 5.26 Å². The van der Waals surface area contributed by atoms with Gasteiger partial charge in [-0.25, -0.2) is 18.6 Å². The summed E-state index contributed by atoms with van der Waals surface area (Å²) in [5.41, 5.74) is 0.800. The van der Waals surface area contributed by atoms with Crippen molar-refractivity contribution >= 4 is 17.7 Å². The Balaban J connectivity index is 1.60. The van der Waals surface area contributed by atoms with Gasteiger partial charge in [0.25, 0.3) is 0 Å². The summed E-state index contributed by atoms with van der Waals surface area (Å²) >= 11 is 0. The number of piperazine rings is 1. The molecule has 1 aliphatic heterocycles. The van der Waals surface area contributed by atoms with Crippen molar-refractivity contribution in [2.45, 2.75) is 13.5 Å². The van der Waals surface area contributed by atoms with Gasteiger partial charge in [-0.1, -0.05) is 0 Å². The Morgan fingerprint density at radius 2 is 1.90 bits per heavy atom. The third-order valence-electron chi connectivity index (χ3n) is 4.87. The minimum Gasteiger partial charge on any atom is -0.364 e. The lowest BCUT2D eigenvalue weighted by Crippen LogP contribution is -2.46. The van der Waals surface area contributed by atoms with Crippen molar-refractivity contribution in [3.63, 3.8) is 0 Å². The van der Waals surface area contributed by atoms with Crippen LogP contribution in [-0.2, 0) is 13.6 Å². The number of halogens is 2. The van der Waals surface area contributed by atoms with E-state index >= 15 is 0 Å². The summed E-state index contributed by atoms with van der Waals surface area (Å²) in [6.07, 6.45) is 1.70. The van der Waals surface area contributed by atoms with Gasteiger partial charge in [-0.2, -0.15) is 5.26 Å². The maximum Gasteiger partial charge on any atom is 0.321 e. The molecule has 2 heterocycles. The van der Waals surface area contributed by atoms with E-state index in [-0.39, 0.29) is 17.3 Å². The average molecular weight is 403 g/mol. The Morgan fingerprint density at radius 3 is 2.48 bits per heavy atom. The van der Waals surface area contributed by atoms with Gasteiger partial charge < -0.3 is 14.8 Å². The molecule has 0 atom stereocenters. The fourth-order valence-electron chi connectivity index (χ4n) is 3.31. The molecule has 154 valence electrons. The van der Waals surface area contributed by atoms with Crippen LogP contribution in [0.3, 0.4) is 0 Å². The highest BCUT2D eigenvalue weighted by Crippen LogP contribution is 2.26. The van der Waals surface area contributed by atoms with Crippen LogP contribution in [-0.4, -0.2) is 53.2 Å². The van der Waals surface area contributed by atoms with E-state index in [0.717, 1.165) is 17.8 Å². The number of nitriles is 1. The van der Waals surface area contributed by atoms with Crippen molar-refractivity contribution in [1.82, 2.24) is 19.8 Å². The van der Waals surface area contributed by atoms with Gasteiger partial charge in [0.05, 0.1) is 23.5 Å². The first-order valence-corrected chi connectivity index (χ1v) is 9.34. The number of nitrogens with one attached hydrogen (secondary N) is 2. The number of carbonyl (C=O) groups is 1. The van der Waals surface area contributed by atoms with Gasteiger partial charge in [-0.05, 0) is 19.1 Å². The molecule has 0 aliphatic carbocycles. The highest BCUT2D eigenvalue weighted by atomic mass is 19.1. The molecular formula is C19H23F2N7O. The number of hydrogen-bond acceptors (Lipinski definition) is 5. The van der Waals surface area contributed by atoms with Crippen LogP contribution in [0.15, 0.2) is 18.3 Å². The zero-order chi connectivity index (χ0) is 21.0. The normalized spacial score (nSPS) is 14.5. The van der Waals surface area contributed by atoms with E-state index in [9.17, 15) is 13.6 Å². The SMILES string of the molecule is CCNC(=O)Nc1ncc(CN2CCN(c3c(F)cc(C#N)cc3F)CC2)n1C. The van der Waals surface area contributed by atoms with Crippen LogP contribution >= 0.6 is 0 Å².